The minimum absolute atomic E-state index is 0.0212. The quantitative estimate of drug-likeness (QED) is 0.738. The number of carbonyl (C=O) groups excluding carboxylic acids is 1. The van der Waals surface area contributed by atoms with Crippen LogP contribution in [0.25, 0.3) is 0 Å². The van der Waals surface area contributed by atoms with Crippen molar-refractivity contribution >= 4 is 21.8 Å². The molecule has 116 valence electrons. The molecule has 1 aliphatic heterocycles. The summed E-state index contributed by atoms with van der Waals surface area (Å²) in [5.41, 5.74) is 0.441. The zero-order valence-corrected chi connectivity index (χ0v) is 12.6. The number of benzene rings is 1. The average Bonchev–Trinajstić information content (AvgIpc) is 2.85. The highest BCUT2D eigenvalue weighted by Gasteiger charge is 2.27. The van der Waals surface area contributed by atoms with Gasteiger partial charge in [0, 0.05) is 23.1 Å². The van der Waals surface area contributed by atoms with E-state index in [2.05, 4.69) is 31.3 Å². The fourth-order valence-corrected chi connectivity index (χ4v) is 2.53. The van der Waals surface area contributed by atoms with E-state index in [4.69, 9.17) is 0 Å². The zero-order chi connectivity index (χ0) is 15.4. The Kier molecular flexibility index (Phi) is 5.49. The summed E-state index contributed by atoms with van der Waals surface area (Å²) in [6.45, 7) is -2.49. The maximum atomic E-state index is 12.3. The zero-order valence-electron chi connectivity index (χ0n) is 11.0. The third kappa shape index (κ3) is 4.62. The Bertz CT molecular complexity index is 516. The fraction of sp³-hybridized carbons (Fsp3) is 0.462. The molecule has 0 spiro atoms. The number of halogens is 3. The number of hydrogen-bond donors (Lipinski definition) is 3. The van der Waals surface area contributed by atoms with E-state index in [1.54, 1.807) is 12.1 Å². The van der Waals surface area contributed by atoms with Crippen LogP contribution in [0.2, 0.25) is 0 Å². The van der Waals surface area contributed by atoms with Crippen molar-refractivity contribution in [3.63, 3.8) is 0 Å². The fourth-order valence-electron chi connectivity index (χ4n) is 2.12. The molecule has 8 heteroatoms. The Hall–Kier alpha value is -1.25. The first-order valence-corrected chi connectivity index (χ1v) is 7.17. The van der Waals surface area contributed by atoms with Gasteiger partial charge in [0.1, 0.15) is 5.75 Å². The molecule has 0 radical (unpaired) electrons. The smallest absolute Gasteiger partial charge is 0.387 e. The van der Waals surface area contributed by atoms with E-state index in [0.717, 1.165) is 0 Å². The SMILES string of the molecule is O=C(NCc1cc(Br)ccc1OC(F)F)C1CC(O)CN1. The summed E-state index contributed by atoms with van der Waals surface area (Å²) in [4.78, 5) is 11.9. The molecule has 1 aromatic carbocycles. The number of amides is 1. The molecular formula is C13H15BrF2N2O3. The van der Waals surface area contributed by atoms with Gasteiger partial charge in [0.2, 0.25) is 5.91 Å². The Morgan fingerprint density at radius 1 is 1.57 bits per heavy atom. The van der Waals surface area contributed by atoms with E-state index in [9.17, 15) is 18.7 Å². The summed E-state index contributed by atoms with van der Waals surface area (Å²) in [6.07, 6.45) is -0.200. The van der Waals surface area contributed by atoms with Crippen molar-refractivity contribution in [3.05, 3.63) is 28.2 Å². The number of alkyl halides is 2. The van der Waals surface area contributed by atoms with Gasteiger partial charge in [0.25, 0.3) is 0 Å². The van der Waals surface area contributed by atoms with Gasteiger partial charge in [0.05, 0.1) is 12.1 Å². The number of hydrogen-bond acceptors (Lipinski definition) is 4. The van der Waals surface area contributed by atoms with Crippen LogP contribution >= 0.6 is 15.9 Å². The largest absolute Gasteiger partial charge is 0.434 e. The summed E-state index contributed by atoms with van der Waals surface area (Å²) in [6, 6.07) is 4.13. The van der Waals surface area contributed by atoms with Gasteiger partial charge in [-0.05, 0) is 24.6 Å². The average molecular weight is 365 g/mol. The van der Waals surface area contributed by atoms with Crippen LogP contribution in [-0.4, -0.2) is 36.3 Å². The molecule has 2 atom stereocenters. The number of ether oxygens (including phenoxy) is 1. The van der Waals surface area contributed by atoms with E-state index in [1.807, 2.05) is 0 Å². The first kappa shape index (κ1) is 16.1. The van der Waals surface area contributed by atoms with Crippen molar-refractivity contribution in [1.82, 2.24) is 10.6 Å². The third-order valence-corrected chi connectivity index (χ3v) is 3.61. The van der Waals surface area contributed by atoms with E-state index < -0.39 is 18.8 Å². The van der Waals surface area contributed by atoms with Crippen LogP contribution in [-0.2, 0) is 11.3 Å². The molecule has 1 aliphatic rings. The maximum absolute atomic E-state index is 12.3. The maximum Gasteiger partial charge on any atom is 0.387 e. The Morgan fingerprint density at radius 2 is 2.33 bits per heavy atom. The van der Waals surface area contributed by atoms with Gasteiger partial charge in [-0.25, -0.2) is 0 Å². The second kappa shape index (κ2) is 7.15. The molecule has 5 nitrogen and oxygen atoms in total. The van der Waals surface area contributed by atoms with E-state index in [0.29, 0.717) is 23.0 Å². The summed E-state index contributed by atoms with van der Waals surface area (Å²) in [7, 11) is 0. The molecule has 21 heavy (non-hydrogen) atoms. The molecule has 1 aromatic rings. The standard InChI is InChI=1S/C13H15BrF2N2O3/c14-8-1-2-11(21-13(15)16)7(3-8)5-18-12(20)10-4-9(19)6-17-10/h1-3,9-10,13,17,19H,4-6H2,(H,18,20). The normalized spacial score (nSPS) is 21.6. The van der Waals surface area contributed by atoms with Crippen molar-refractivity contribution < 1.29 is 23.4 Å². The van der Waals surface area contributed by atoms with Gasteiger partial charge in [-0.3, -0.25) is 4.79 Å². The van der Waals surface area contributed by atoms with Gasteiger partial charge < -0.3 is 20.5 Å². The summed E-state index contributed by atoms with van der Waals surface area (Å²) >= 11 is 3.24. The lowest BCUT2D eigenvalue weighted by atomic mass is 10.1. The molecule has 2 unspecified atom stereocenters. The Morgan fingerprint density at radius 3 is 2.95 bits per heavy atom. The van der Waals surface area contributed by atoms with Crippen LogP contribution in [0.4, 0.5) is 8.78 Å². The van der Waals surface area contributed by atoms with Crippen LogP contribution in [0, 0.1) is 0 Å². The van der Waals surface area contributed by atoms with Gasteiger partial charge in [-0.1, -0.05) is 15.9 Å². The molecule has 3 N–H and O–H groups in total. The van der Waals surface area contributed by atoms with Gasteiger partial charge in [0.15, 0.2) is 0 Å². The molecule has 0 bridgehead atoms. The van der Waals surface area contributed by atoms with Crippen LogP contribution in [0.3, 0.4) is 0 Å². The van der Waals surface area contributed by atoms with Crippen LogP contribution in [0.1, 0.15) is 12.0 Å². The third-order valence-electron chi connectivity index (χ3n) is 3.12. The van der Waals surface area contributed by atoms with Gasteiger partial charge in [-0.2, -0.15) is 8.78 Å². The lowest BCUT2D eigenvalue weighted by Crippen LogP contribution is -2.40. The van der Waals surface area contributed by atoms with Crippen LogP contribution < -0.4 is 15.4 Å². The van der Waals surface area contributed by atoms with Crippen LogP contribution in [0.5, 0.6) is 5.75 Å². The number of carbonyl (C=O) groups is 1. The van der Waals surface area contributed by atoms with Crippen LogP contribution in [0.15, 0.2) is 22.7 Å². The Labute approximate surface area is 128 Å². The highest BCUT2D eigenvalue weighted by Crippen LogP contribution is 2.24. The number of aliphatic hydroxyl groups excluding tert-OH is 1. The highest BCUT2D eigenvalue weighted by atomic mass is 79.9. The Balaban J connectivity index is 1.98. The number of rotatable bonds is 5. The second-order valence-corrected chi connectivity index (χ2v) is 5.61. The van der Waals surface area contributed by atoms with Crippen molar-refractivity contribution in [3.8, 4) is 5.75 Å². The molecular weight excluding hydrogens is 350 g/mol. The van der Waals surface area contributed by atoms with Gasteiger partial charge in [-0.15, -0.1) is 0 Å². The number of nitrogens with one attached hydrogen (secondary N) is 2. The van der Waals surface area contributed by atoms with E-state index in [1.165, 1.54) is 6.07 Å². The summed E-state index contributed by atoms with van der Waals surface area (Å²) < 4.78 is 29.8. The van der Waals surface area contributed by atoms with Crippen molar-refractivity contribution in [2.24, 2.45) is 0 Å². The molecule has 1 heterocycles. The first-order chi connectivity index (χ1) is 9.95. The summed E-state index contributed by atoms with van der Waals surface area (Å²) in [5.74, 6) is -0.262. The molecule has 1 saturated heterocycles. The van der Waals surface area contributed by atoms with Crippen molar-refractivity contribution in [1.29, 1.82) is 0 Å². The highest BCUT2D eigenvalue weighted by molar-refractivity contribution is 9.10. The number of β-amino-alcohol motifs (C(OH)–C–C–N with tert-alkyl or cyclic N) is 1. The minimum Gasteiger partial charge on any atom is -0.434 e. The lowest BCUT2D eigenvalue weighted by molar-refractivity contribution is -0.123. The van der Waals surface area contributed by atoms with Crippen molar-refractivity contribution in [2.45, 2.75) is 31.7 Å². The predicted molar refractivity (Wildman–Crippen MR) is 75.0 cm³/mol. The molecule has 0 aromatic heterocycles. The lowest BCUT2D eigenvalue weighted by Gasteiger charge is -2.14. The second-order valence-electron chi connectivity index (χ2n) is 4.70. The minimum atomic E-state index is -2.92. The van der Waals surface area contributed by atoms with Crippen molar-refractivity contribution in [2.75, 3.05) is 6.54 Å². The van der Waals surface area contributed by atoms with E-state index >= 15 is 0 Å². The number of aliphatic hydroxyl groups is 1. The molecule has 2 rings (SSSR count). The monoisotopic (exact) mass is 364 g/mol. The topological polar surface area (TPSA) is 70.6 Å². The van der Waals surface area contributed by atoms with E-state index in [-0.39, 0.29) is 18.2 Å². The molecule has 0 aliphatic carbocycles. The predicted octanol–water partition coefficient (Wildman–Crippen LogP) is 1.39. The molecule has 1 amide bonds. The molecule has 1 fully saturated rings. The van der Waals surface area contributed by atoms with Gasteiger partial charge >= 0.3 is 6.61 Å². The first-order valence-electron chi connectivity index (χ1n) is 6.38. The summed E-state index contributed by atoms with van der Waals surface area (Å²) in [5, 5.41) is 14.9. The molecule has 0 saturated carbocycles.